The number of hydrogen-bond donors (Lipinski definition) is 2. The Labute approximate surface area is 78.1 Å². The number of allylic oxidation sites excluding steroid dienone is 1. The Morgan fingerprint density at radius 1 is 1.69 bits per heavy atom. The van der Waals surface area contributed by atoms with Crippen molar-refractivity contribution in [1.82, 2.24) is 5.32 Å². The maximum absolute atomic E-state index is 11.2. The summed E-state index contributed by atoms with van der Waals surface area (Å²) in [6, 6.07) is 0.115. The van der Waals surface area contributed by atoms with Crippen LogP contribution in [0.25, 0.3) is 0 Å². The minimum atomic E-state index is -0.276. The van der Waals surface area contributed by atoms with Crippen molar-refractivity contribution in [2.24, 2.45) is 0 Å². The molecule has 1 aliphatic rings. The number of carbonyl (C=O) groups excluding carboxylic acids is 1. The number of hydrogen-bond acceptors (Lipinski definition) is 2. The van der Waals surface area contributed by atoms with Crippen molar-refractivity contribution in [3.8, 4) is 0 Å². The number of rotatable bonds is 3. The summed E-state index contributed by atoms with van der Waals surface area (Å²) in [5.74, 6) is -0.251. The predicted octanol–water partition coefficient (Wildman–Crippen LogP) is 0.760. The fourth-order valence-electron chi connectivity index (χ4n) is 1.27. The average molecular weight is 181 g/mol. The summed E-state index contributed by atoms with van der Waals surface area (Å²) in [6.07, 6.45) is 7.23. The fraction of sp³-hybridized carbons (Fsp3) is 0.500. The van der Waals surface area contributed by atoms with Gasteiger partial charge in [0.1, 0.15) is 0 Å². The normalized spacial score (nSPS) is 21.2. The summed E-state index contributed by atoms with van der Waals surface area (Å²) in [6.45, 7) is 3.18. The Hall–Kier alpha value is -1.09. The molecule has 3 nitrogen and oxygen atoms in total. The largest absolute Gasteiger partial charge is 0.391 e. The minimum Gasteiger partial charge on any atom is -0.391 e. The van der Waals surface area contributed by atoms with Crippen molar-refractivity contribution in [2.45, 2.75) is 25.3 Å². The SMILES string of the molecule is C=C(CO)C(=O)NC1C=CCCC1. The number of aliphatic hydroxyl groups is 1. The lowest BCUT2D eigenvalue weighted by atomic mass is 10.0. The Kier molecular flexibility index (Phi) is 3.71. The van der Waals surface area contributed by atoms with E-state index >= 15 is 0 Å². The molecule has 0 heterocycles. The van der Waals surface area contributed by atoms with Crippen LogP contribution in [0.5, 0.6) is 0 Å². The molecule has 0 bridgehead atoms. The minimum absolute atomic E-state index is 0.115. The maximum Gasteiger partial charge on any atom is 0.249 e. The van der Waals surface area contributed by atoms with E-state index in [1.54, 1.807) is 0 Å². The summed E-state index contributed by atoms with van der Waals surface area (Å²) in [5.41, 5.74) is 0.221. The van der Waals surface area contributed by atoms with E-state index in [-0.39, 0.29) is 24.1 Å². The molecule has 0 fully saturated rings. The second-order valence-corrected chi connectivity index (χ2v) is 3.20. The first-order valence-electron chi connectivity index (χ1n) is 4.50. The van der Waals surface area contributed by atoms with Crippen molar-refractivity contribution in [3.05, 3.63) is 24.3 Å². The van der Waals surface area contributed by atoms with Crippen LogP contribution in [-0.4, -0.2) is 23.7 Å². The van der Waals surface area contributed by atoms with Gasteiger partial charge in [0.15, 0.2) is 0 Å². The third-order valence-corrected chi connectivity index (χ3v) is 2.08. The molecular formula is C10H15NO2. The molecule has 0 saturated heterocycles. The zero-order valence-corrected chi connectivity index (χ0v) is 7.62. The molecule has 0 saturated carbocycles. The van der Waals surface area contributed by atoms with Crippen LogP contribution in [0.15, 0.2) is 24.3 Å². The van der Waals surface area contributed by atoms with Crippen molar-refractivity contribution in [1.29, 1.82) is 0 Å². The molecule has 1 unspecified atom stereocenters. The van der Waals surface area contributed by atoms with Gasteiger partial charge in [-0.05, 0) is 19.3 Å². The topological polar surface area (TPSA) is 49.3 Å². The van der Waals surface area contributed by atoms with E-state index in [0.29, 0.717) is 0 Å². The second-order valence-electron chi connectivity index (χ2n) is 3.20. The van der Waals surface area contributed by atoms with E-state index in [9.17, 15) is 4.79 Å². The second kappa shape index (κ2) is 4.82. The van der Waals surface area contributed by atoms with Gasteiger partial charge in [0.25, 0.3) is 0 Å². The number of nitrogens with one attached hydrogen (secondary N) is 1. The molecule has 1 aliphatic carbocycles. The van der Waals surface area contributed by atoms with Crippen LogP contribution in [0, 0.1) is 0 Å². The van der Waals surface area contributed by atoms with E-state index in [1.165, 1.54) is 0 Å². The van der Waals surface area contributed by atoms with E-state index in [4.69, 9.17) is 5.11 Å². The van der Waals surface area contributed by atoms with Crippen LogP contribution in [-0.2, 0) is 4.79 Å². The first kappa shape index (κ1) is 9.99. The average Bonchev–Trinajstić information content (AvgIpc) is 2.18. The van der Waals surface area contributed by atoms with Crippen molar-refractivity contribution in [2.75, 3.05) is 6.61 Å². The molecule has 1 rings (SSSR count). The zero-order valence-electron chi connectivity index (χ0n) is 7.62. The molecule has 0 aromatic heterocycles. The molecule has 13 heavy (non-hydrogen) atoms. The molecule has 0 radical (unpaired) electrons. The molecule has 0 aliphatic heterocycles. The summed E-state index contributed by atoms with van der Waals surface area (Å²) in [4.78, 5) is 11.2. The van der Waals surface area contributed by atoms with Gasteiger partial charge in [0, 0.05) is 11.6 Å². The highest BCUT2D eigenvalue weighted by atomic mass is 16.3. The summed E-state index contributed by atoms with van der Waals surface area (Å²) in [5, 5.41) is 11.4. The van der Waals surface area contributed by atoms with Gasteiger partial charge in [-0.3, -0.25) is 4.79 Å². The molecule has 3 heteroatoms. The fourth-order valence-corrected chi connectivity index (χ4v) is 1.27. The highest BCUT2D eigenvalue weighted by Crippen LogP contribution is 2.10. The first-order chi connectivity index (χ1) is 6.24. The van der Waals surface area contributed by atoms with Gasteiger partial charge in [-0.2, -0.15) is 0 Å². The lowest BCUT2D eigenvalue weighted by Crippen LogP contribution is -2.35. The molecule has 0 aromatic carbocycles. The number of carbonyl (C=O) groups is 1. The lowest BCUT2D eigenvalue weighted by molar-refractivity contribution is -0.118. The predicted molar refractivity (Wildman–Crippen MR) is 51.1 cm³/mol. The summed E-state index contributed by atoms with van der Waals surface area (Å²) in [7, 11) is 0. The van der Waals surface area contributed by atoms with Gasteiger partial charge in [-0.25, -0.2) is 0 Å². The molecule has 0 aromatic rings. The van der Waals surface area contributed by atoms with Gasteiger partial charge >= 0.3 is 0 Å². The summed E-state index contributed by atoms with van der Waals surface area (Å²) >= 11 is 0. The van der Waals surface area contributed by atoms with Crippen LogP contribution < -0.4 is 5.32 Å². The summed E-state index contributed by atoms with van der Waals surface area (Å²) < 4.78 is 0. The van der Waals surface area contributed by atoms with Crippen LogP contribution in [0.4, 0.5) is 0 Å². The quantitative estimate of drug-likeness (QED) is 0.499. The van der Waals surface area contributed by atoms with E-state index < -0.39 is 0 Å². The lowest BCUT2D eigenvalue weighted by Gasteiger charge is -2.18. The monoisotopic (exact) mass is 181 g/mol. The molecule has 1 amide bonds. The molecule has 0 spiro atoms. The smallest absolute Gasteiger partial charge is 0.249 e. The third-order valence-electron chi connectivity index (χ3n) is 2.08. The molecule has 1 atom stereocenters. The third kappa shape index (κ3) is 3.03. The highest BCUT2D eigenvalue weighted by Gasteiger charge is 2.12. The Morgan fingerprint density at radius 3 is 3.00 bits per heavy atom. The molecule has 72 valence electrons. The van der Waals surface area contributed by atoms with E-state index in [0.717, 1.165) is 19.3 Å². The van der Waals surface area contributed by atoms with Crippen molar-refractivity contribution < 1.29 is 9.90 Å². The number of amides is 1. The Morgan fingerprint density at radius 2 is 2.46 bits per heavy atom. The van der Waals surface area contributed by atoms with Crippen molar-refractivity contribution in [3.63, 3.8) is 0 Å². The van der Waals surface area contributed by atoms with E-state index in [1.807, 2.05) is 6.08 Å². The van der Waals surface area contributed by atoms with Gasteiger partial charge in [-0.15, -0.1) is 0 Å². The van der Waals surface area contributed by atoms with Gasteiger partial charge in [0.05, 0.1) is 6.61 Å². The standard InChI is InChI=1S/C10H15NO2/c1-8(7-12)10(13)11-9-5-3-2-4-6-9/h3,5,9,12H,1-2,4,6-7H2,(H,11,13). The van der Waals surface area contributed by atoms with Crippen LogP contribution in [0.2, 0.25) is 0 Å². The molecular weight excluding hydrogens is 166 g/mol. The number of aliphatic hydroxyl groups excluding tert-OH is 1. The van der Waals surface area contributed by atoms with E-state index in [2.05, 4.69) is 18.0 Å². The van der Waals surface area contributed by atoms with Gasteiger partial charge in [0.2, 0.25) is 5.91 Å². The van der Waals surface area contributed by atoms with Crippen LogP contribution in [0.3, 0.4) is 0 Å². The van der Waals surface area contributed by atoms with Crippen LogP contribution >= 0.6 is 0 Å². The molecule has 2 N–H and O–H groups in total. The first-order valence-corrected chi connectivity index (χ1v) is 4.50. The van der Waals surface area contributed by atoms with Gasteiger partial charge in [-0.1, -0.05) is 18.7 Å². The van der Waals surface area contributed by atoms with Gasteiger partial charge < -0.3 is 10.4 Å². The van der Waals surface area contributed by atoms with Crippen LogP contribution in [0.1, 0.15) is 19.3 Å². The van der Waals surface area contributed by atoms with Crippen molar-refractivity contribution >= 4 is 5.91 Å². The highest BCUT2D eigenvalue weighted by molar-refractivity contribution is 5.93. The zero-order chi connectivity index (χ0) is 9.68. The Bertz CT molecular complexity index is 233. The Balaban J connectivity index is 2.39. The maximum atomic E-state index is 11.2.